The summed E-state index contributed by atoms with van der Waals surface area (Å²) in [4.78, 5) is 7.40. The molecule has 2 heterocycles. The zero-order chi connectivity index (χ0) is 22.8. The molecule has 0 spiro atoms. The van der Waals surface area contributed by atoms with Crippen LogP contribution in [0, 0.1) is 16.7 Å². The Balaban J connectivity index is 1.18. The summed E-state index contributed by atoms with van der Waals surface area (Å²) in [6.07, 6.45) is 7.59. The molecule has 1 aromatic carbocycles. The minimum atomic E-state index is 0.0891. The van der Waals surface area contributed by atoms with Crippen molar-refractivity contribution in [3.63, 3.8) is 0 Å². The number of hydrogen-bond donors (Lipinski definition) is 3. The number of nitrogen functional groups attached to an aromatic ring is 1. The summed E-state index contributed by atoms with van der Waals surface area (Å²) < 4.78 is 5.82. The summed E-state index contributed by atoms with van der Waals surface area (Å²) >= 11 is 0. The number of piperidine rings is 1. The van der Waals surface area contributed by atoms with Gasteiger partial charge in [0.15, 0.2) is 0 Å². The Morgan fingerprint density at radius 2 is 1.50 bits per heavy atom. The number of nitrogens with two attached hydrogens (primary N) is 1. The molecule has 0 atom stereocenters. The van der Waals surface area contributed by atoms with Crippen molar-refractivity contribution in [3.8, 4) is 5.75 Å². The molecule has 2 aliphatic rings. The van der Waals surface area contributed by atoms with Gasteiger partial charge in [-0.25, -0.2) is 0 Å². The first kappa shape index (κ1) is 24.5. The standard InChI is InChI=1S/C25H42N6O/c1-21(26)31-14-10-22(11-15-31)5-2-3-12-29-16-18-30(19-17-29)13-4-20-32-24-8-6-23(7-9-24)25(27)28/h6-9,22,26H,2-5,10-20H2,1H3,(H3,27,28). The molecule has 0 saturated carbocycles. The number of hydrogen-bond acceptors (Lipinski definition) is 5. The van der Waals surface area contributed by atoms with E-state index in [4.69, 9.17) is 21.3 Å². The molecule has 0 bridgehead atoms. The molecule has 3 rings (SSSR count). The molecule has 1 aromatic rings. The molecule has 178 valence electrons. The number of amidine groups is 2. The lowest BCUT2D eigenvalue weighted by Crippen LogP contribution is -2.46. The highest BCUT2D eigenvalue weighted by Crippen LogP contribution is 2.22. The summed E-state index contributed by atoms with van der Waals surface area (Å²) in [6, 6.07) is 7.43. The average Bonchev–Trinajstić information content (AvgIpc) is 2.81. The third kappa shape index (κ3) is 8.10. The van der Waals surface area contributed by atoms with Gasteiger partial charge in [-0.15, -0.1) is 0 Å². The van der Waals surface area contributed by atoms with Crippen LogP contribution in [0.25, 0.3) is 0 Å². The van der Waals surface area contributed by atoms with Crippen LogP contribution in [-0.2, 0) is 0 Å². The van der Waals surface area contributed by atoms with Crippen molar-refractivity contribution in [2.75, 3.05) is 59.0 Å². The number of ether oxygens (including phenoxy) is 1. The van der Waals surface area contributed by atoms with Gasteiger partial charge in [0.1, 0.15) is 11.6 Å². The Morgan fingerprint density at radius 1 is 0.906 bits per heavy atom. The van der Waals surface area contributed by atoms with Crippen molar-refractivity contribution < 1.29 is 4.74 Å². The normalized spacial score (nSPS) is 18.6. The smallest absolute Gasteiger partial charge is 0.122 e. The maximum atomic E-state index is 7.75. The molecule has 0 aromatic heterocycles. The van der Waals surface area contributed by atoms with Crippen molar-refractivity contribution in [2.45, 2.75) is 45.4 Å². The van der Waals surface area contributed by atoms with Gasteiger partial charge in [0.25, 0.3) is 0 Å². The second kappa shape index (κ2) is 12.8. The van der Waals surface area contributed by atoms with Gasteiger partial charge in [-0.3, -0.25) is 10.8 Å². The molecule has 2 saturated heterocycles. The molecule has 0 unspecified atom stereocenters. The fraction of sp³-hybridized carbons (Fsp3) is 0.680. The monoisotopic (exact) mass is 442 g/mol. The number of nitrogens with zero attached hydrogens (tertiary/aromatic N) is 3. The Labute approximate surface area is 193 Å². The first-order valence-corrected chi connectivity index (χ1v) is 12.3. The quantitative estimate of drug-likeness (QED) is 0.278. The van der Waals surface area contributed by atoms with E-state index in [1.54, 1.807) is 0 Å². The van der Waals surface area contributed by atoms with E-state index in [1.165, 1.54) is 51.7 Å². The number of benzene rings is 1. The summed E-state index contributed by atoms with van der Waals surface area (Å²) in [7, 11) is 0. The van der Waals surface area contributed by atoms with Gasteiger partial charge in [0.05, 0.1) is 12.4 Å². The van der Waals surface area contributed by atoms with Gasteiger partial charge in [-0.1, -0.05) is 12.8 Å². The minimum Gasteiger partial charge on any atom is -0.494 e. The highest BCUT2D eigenvalue weighted by molar-refractivity contribution is 5.94. The third-order valence-corrected chi connectivity index (χ3v) is 6.94. The van der Waals surface area contributed by atoms with E-state index in [0.717, 1.165) is 68.8 Å². The lowest BCUT2D eigenvalue weighted by atomic mass is 9.91. The van der Waals surface area contributed by atoms with Gasteiger partial charge in [0.2, 0.25) is 0 Å². The molecule has 0 aliphatic carbocycles. The van der Waals surface area contributed by atoms with E-state index in [0.29, 0.717) is 0 Å². The second-order valence-corrected chi connectivity index (χ2v) is 9.33. The summed E-state index contributed by atoms with van der Waals surface area (Å²) in [5.74, 6) is 2.54. The summed E-state index contributed by atoms with van der Waals surface area (Å²) in [5.41, 5.74) is 6.21. The van der Waals surface area contributed by atoms with E-state index in [1.807, 2.05) is 31.2 Å². The Morgan fingerprint density at radius 3 is 2.06 bits per heavy atom. The SMILES string of the molecule is CC(=N)N1CCC(CCCCN2CCN(CCCOc3ccc(C(=N)N)cc3)CC2)CC1. The fourth-order valence-corrected chi connectivity index (χ4v) is 4.77. The fourth-order valence-electron chi connectivity index (χ4n) is 4.77. The molecule has 4 N–H and O–H groups in total. The van der Waals surface area contributed by atoms with E-state index < -0.39 is 0 Å². The molecule has 0 radical (unpaired) electrons. The number of nitrogens with one attached hydrogen (secondary N) is 2. The van der Waals surface area contributed by atoms with E-state index in [2.05, 4.69) is 14.7 Å². The largest absolute Gasteiger partial charge is 0.494 e. The van der Waals surface area contributed by atoms with Crippen molar-refractivity contribution >= 4 is 11.7 Å². The van der Waals surface area contributed by atoms with Crippen LogP contribution in [0.1, 0.15) is 51.0 Å². The van der Waals surface area contributed by atoms with E-state index in [9.17, 15) is 0 Å². The predicted molar refractivity (Wildman–Crippen MR) is 132 cm³/mol. The summed E-state index contributed by atoms with van der Waals surface area (Å²) in [6.45, 7) is 11.8. The van der Waals surface area contributed by atoms with Gasteiger partial charge in [-0.2, -0.15) is 0 Å². The Hall–Kier alpha value is -2.12. The molecular weight excluding hydrogens is 400 g/mol. The van der Waals surface area contributed by atoms with Crippen LogP contribution in [0.2, 0.25) is 0 Å². The van der Waals surface area contributed by atoms with E-state index in [-0.39, 0.29) is 5.84 Å². The molecule has 2 aliphatic heterocycles. The van der Waals surface area contributed by atoms with E-state index >= 15 is 0 Å². The second-order valence-electron chi connectivity index (χ2n) is 9.33. The van der Waals surface area contributed by atoms with Crippen molar-refractivity contribution in [2.24, 2.45) is 11.7 Å². The van der Waals surface area contributed by atoms with Crippen LogP contribution in [0.3, 0.4) is 0 Å². The maximum Gasteiger partial charge on any atom is 0.122 e. The van der Waals surface area contributed by atoms with Crippen molar-refractivity contribution in [1.29, 1.82) is 10.8 Å². The third-order valence-electron chi connectivity index (χ3n) is 6.94. The molecule has 7 heteroatoms. The highest BCUT2D eigenvalue weighted by Gasteiger charge is 2.20. The molecule has 0 amide bonds. The van der Waals surface area contributed by atoms with Crippen LogP contribution in [0.5, 0.6) is 5.75 Å². The highest BCUT2D eigenvalue weighted by atomic mass is 16.5. The minimum absolute atomic E-state index is 0.0891. The molecular formula is C25H42N6O. The number of likely N-dealkylation sites (tertiary alicyclic amines) is 1. The summed E-state index contributed by atoms with van der Waals surface area (Å²) in [5, 5.41) is 15.2. The number of unbranched alkanes of at least 4 members (excludes halogenated alkanes) is 1. The first-order valence-electron chi connectivity index (χ1n) is 12.3. The lowest BCUT2D eigenvalue weighted by Gasteiger charge is -2.35. The van der Waals surface area contributed by atoms with Crippen LogP contribution in [0.4, 0.5) is 0 Å². The van der Waals surface area contributed by atoms with Crippen LogP contribution >= 0.6 is 0 Å². The lowest BCUT2D eigenvalue weighted by molar-refractivity contribution is 0.124. The topological polar surface area (TPSA) is 92.7 Å². The zero-order valence-electron chi connectivity index (χ0n) is 19.8. The maximum absolute atomic E-state index is 7.75. The Bertz CT molecular complexity index is 706. The zero-order valence-corrected chi connectivity index (χ0v) is 19.8. The van der Waals surface area contributed by atoms with Crippen LogP contribution in [0.15, 0.2) is 24.3 Å². The van der Waals surface area contributed by atoms with Gasteiger partial charge < -0.3 is 25.2 Å². The number of rotatable bonds is 11. The van der Waals surface area contributed by atoms with Crippen LogP contribution in [-0.4, -0.2) is 85.3 Å². The number of piperazine rings is 1. The average molecular weight is 443 g/mol. The van der Waals surface area contributed by atoms with Gasteiger partial charge in [0, 0.05) is 51.4 Å². The Kier molecular flexibility index (Phi) is 9.81. The first-order chi connectivity index (χ1) is 15.5. The molecule has 2 fully saturated rings. The van der Waals surface area contributed by atoms with Crippen LogP contribution < -0.4 is 10.5 Å². The van der Waals surface area contributed by atoms with Crippen molar-refractivity contribution in [1.82, 2.24) is 14.7 Å². The van der Waals surface area contributed by atoms with Gasteiger partial charge >= 0.3 is 0 Å². The molecule has 32 heavy (non-hydrogen) atoms. The predicted octanol–water partition coefficient (Wildman–Crippen LogP) is 3.24. The molecule has 7 nitrogen and oxygen atoms in total. The van der Waals surface area contributed by atoms with Gasteiger partial charge in [-0.05, 0) is 69.3 Å². The van der Waals surface area contributed by atoms with Crippen molar-refractivity contribution in [3.05, 3.63) is 29.8 Å².